The smallest absolute Gasteiger partial charge is 0.197 e. The highest BCUT2D eigenvalue weighted by Gasteiger charge is 2.33. The van der Waals surface area contributed by atoms with Gasteiger partial charge in [-0.05, 0) is 55.5 Å². The van der Waals surface area contributed by atoms with Crippen molar-refractivity contribution in [1.29, 1.82) is 0 Å². The highest BCUT2D eigenvalue weighted by molar-refractivity contribution is 6.31. The largest absolute Gasteiger partial charge is 0.497 e. The van der Waals surface area contributed by atoms with E-state index in [1.165, 1.54) is 0 Å². The van der Waals surface area contributed by atoms with Crippen molar-refractivity contribution in [3.63, 3.8) is 0 Å². The molecule has 0 bridgehead atoms. The van der Waals surface area contributed by atoms with Crippen LogP contribution >= 0.6 is 0 Å². The third-order valence-corrected chi connectivity index (χ3v) is 7.16. The summed E-state index contributed by atoms with van der Waals surface area (Å²) < 4.78 is 23.1. The van der Waals surface area contributed by atoms with E-state index in [-0.39, 0.29) is 11.7 Å². The van der Waals surface area contributed by atoms with Gasteiger partial charge in [-0.2, -0.15) is 0 Å². The van der Waals surface area contributed by atoms with Gasteiger partial charge in [-0.1, -0.05) is 25.1 Å². The number of benzene rings is 2. The van der Waals surface area contributed by atoms with Crippen molar-refractivity contribution in [2.24, 2.45) is 5.92 Å². The van der Waals surface area contributed by atoms with Crippen LogP contribution in [0.25, 0.3) is 5.57 Å². The monoisotopic (exact) mass is 477 g/mol. The maximum atomic E-state index is 14.2. The van der Waals surface area contributed by atoms with Gasteiger partial charge in [0, 0.05) is 36.2 Å². The Morgan fingerprint density at radius 2 is 1.91 bits per heavy atom. The molecule has 1 atom stereocenters. The normalized spacial score (nSPS) is 19.9. The first kappa shape index (κ1) is 23.9. The van der Waals surface area contributed by atoms with Crippen molar-refractivity contribution >= 4 is 11.4 Å². The molecule has 0 spiro atoms. The molecule has 2 heterocycles. The molecule has 1 fully saturated rings. The lowest BCUT2D eigenvalue weighted by Crippen LogP contribution is -2.37. The topological polar surface area (TPSA) is 57.2 Å². The highest BCUT2D eigenvalue weighted by atomic mass is 16.5. The summed E-state index contributed by atoms with van der Waals surface area (Å²) in [5, 5.41) is 0. The molecule has 6 nitrogen and oxygen atoms in total. The van der Waals surface area contributed by atoms with E-state index in [2.05, 4.69) is 24.0 Å². The lowest BCUT2D eigenvalue weighted by Gasteiger charge is -2.28. The second-order valence-corrected chi connectivity index (χ2v) is 9.51. The van der Waals surface area contributed by atoms with Crippen molar-refractivity contribution in [2.45, 2.75) is 32.6 Å². The van der Waals surface area contributed by atoms with Crippen molar-refractivity contribution in [3.8, 4) is 17.2 Å². The van der Waals surface area contributed by atoms with E-state index in [0.29, 0.717) is 18.8 Å². The summed E-state index contributed by atoms with van der Waals surface area (Å²) in [5.41, 5.74) is 4.41. The van der Waals surface area contributed by atoms with Crippen LogP contribution in [0.15, 0.2) is 36.4 Å². The molecule has 0 radical (unpaired) electrons. The second-order valence-electron chi connectivity index (χ2n) is 9.51. The summed E-state index contributed by atoms with van der Waals surface area (Å²) in [6, 6.07) is 9.90. The van der Waals surface area contributed by atoms with Crippen LogP contribution in [0.3, 0.4) is 0 Å². The summed E-state index contributed by atoms with van der Waals surface area (Å²) >= 11 is 0. The number of nitrogens with zero attached hydrogens (tertiary/aromatic N) is 1. The molecule has 0 N–H and O–H groups in total. The third-order valence-electron chi connectivity index (χ3n) is 7.16. The molecule has 2 aliphatic heterocycles. The number of ether oxygens (including phenoxy) is 4. The van der Waals surface area contributed by atoms with Gasteiger partial charge in [0.15, 0.2) is 5.78 Å². The van der Waals surface area contributed by atoms with Gasteiger partial charge in [-0.3, -0.25) is 9.69 Å². The quantitative estimate of drug-likeness (QED) is 0.555. The van der Waals surface area contributed by atoms with Gasteiger partial charge in [-0.15, -0.1) is 0 Å². The predicted molar refractivity (Wildman–Crippen MR) is 136 cm³/mol. The number of carbonyl (C=O) groups is 1. The molecule has 3 aliphatic rings. The van der Waals surface area contributed by atoms with Gasteiger partial charge in [0.05, 0.1) is 39.1 Å². The molecule has 2 aromatic carbocycles. The second kappa shape index (κ2) is 10.8. The first-order valence-corrected chi connectivity index (χ1v) is 12.8. The van der Waals surface area contributed by atoms with Gasteiger partial charge in [-0.25, -0.2) is 0 Å². The van der Waals surface area contributed by atoms with Crippen molar-refractivity contribution in [1.82, 2.24) is 4.90 Å². The Balaban J connectivity index is 1.55. The number of allylic oxidation sites excluding steroid dienone is 2. The maximum Gasteiger partial charge on any atom is 0.197 e. The van der Waals surface area contributed by atoms with Crippen LogP contribution in [-0.2, 0) is 17.6 Å². The number of hydrogen-bond acceptors (Lipinski definition) is 6. The number of Topliss-reactive ketones (excluding diaryl/α,β-unsaturated/α-hetero) is 1. The Bertz CT molecular complexity index is 1090. The Morgan fingerprint density at radius 3 is 2.66 bits per heavy atom. The summed E-state index contributed by atoms with van der Waals surface area (Å²) in [6.45, 7) is 7.83. The molecule has 5 rings (SSSR count). The van der Waals surface area contributed by atoms with Gasteiger partial charge < -0.3 is 18.9 Å². The van der Waals surface area contributed by atoms with Crippen LogP contribution in [0.2, 0.25) is 0 Å². The van der Waals surface area contributed by atoms with Crippen molar-refractivity contribution < 1.29 is 23.7 Å². The van der Waals surface area contributed by atoms with E-state index >= 15 is 0 Å². The number of methoxy groups -OCH3 is 1. The fraction of sp³-hybridized carbons (Fsp3) is 0.483. The maximum absolute atomic E-state index is 14.2. The molecule has 0 amide bonds. The van der Waals surface area contributed by atoms with Crippen LogP contribution in [0.4, 0.5) is 0 Å². The van der Waals surface area contributed by atoms with Gasteiger partial charge in [0.1, 0.15) is 17.2 Å². The summed E-state index contributed by atoms with van der Waals surface area (Å²) in [5.74, 6) is 2.61. The lowest BCUT2D eigenvalue weighted by atomic mass is 9.91. The van der Waals surface area contributed by atoms with Crippen molar-refractivity contribution in [3.05, 3.63) is 58.7 Å². The van der Waals surface area contributed by atoms with E-state index in [1.807, 2.05) is 24.3 Å². The minimum Gasteiger partial charge on any atom is -0.497 e. The molecule has 6 heteroatoms. The minimum absolute atomic E-state index is 0.0270. The Hall–Kier alpha value is -2.83. The molecular weight excluding hydrogens is 442 g/mol. The predicted octanol–water partition coefficient (Wildman–Crippen LogP) is 4.58. The molecule has 2 aromatic rings. The van der Waals surface area contributed by atoms with Gasteiger partial charge in [0.2, 0.25) is 0 Å². The number of carbonyl (C=O) groups excluding carboxylic acids is 1. The zero-order valence-electron chi connectivity index (χ0n) is 20.8. The first-order chi connectivity index (χ1) is 17.2. The van der Waals surface area contributed by atoms with Crippen LogP contribution in [0, 0.1) is 5.92 Å². The average Bonchev–Trinajstić information content (AvgIpc) is 3.31. The summed E-state index contributed by atoms with van der Waals surface area (Å²) in [7, 11) is 1.65. The van der Waals surface area contributed by atoms with Crippen LogP contribution in [0.5, 0.6) is 17.2 Å². The van der Waals surface area contributed by atoms with E-state index in [0.717, 1.165) is 98.0 Å². The van der Waals surface area contributed by atoms with Gasteiger partial charge >= 0.3 is 0 Å². The fourth-order valence-electron chi connectivity index (χ4n) is 5.25. The van der Waals surface area contributed by atoms with E-state index in [9.17, 15) is 4.79 Å². The Morgan fingerprint density at radius 1 is 1.11 bits per heavy atom. The lowest BCUT2D eigenvalue weighted by molar-refractivity contribution is 0.0361. The van der Waals surface area contributed by atoms with Crippen LogP contribution in [0.1, 0.15) is 46.8 Å². The van der Waals surface area contributed by atoms with Gasteiger partial charge in [0.25, 0.3) is 0 Å². The summed E-state index contributed by atoms with van der Waals surface area (Å²) in [6.07, 6.45) is 5.65. The van der Waals surface area contributed by atoms with Crippen LogP contribution in [-0.4, -0.2) is 63.9 Å². The highest BCUT2D eigenvalue weighted by Crippen LogP contribution is 2.44. The zero-order chi connectivity index (χ0) is 24.2. The zero-order valence-corrected chi connectivity index (χ0v) is 20.8. The third kappa shape index (κ3) is 5.09. The molecule has 35 heavy (non-hydrogen) atoms. The number of rotatable bonds is 8. The van der Waals surface area contributed by atoms with E-state index in [1.54, 1.807) is 7.11 Å². The number of ketones is 1. The van der Waals surface area contributed by atoms with Crippen LogP contribution < -0.4 is 14.2 Å². The number of hydrogen-bond donors (Lipinski definition) is 0. The molecule has 1 unspecified atom stereocenters. The molecular formula is C29H35NO5. The molecule has 0 saturated carbocycles. The van der Waals surface area contributed by atoms with Crippen molar-refractivity contribution in [2.75, 3.05) is 53.2 Å². The Labute approximate surface area is 207 Å². The molecule has 1 aliphatic carbocycles. The molecule has 0 aromatic heterocycles. The summed E-state index contributed by atoms with van der Waals surface area (Å²) in [4.78, 5) is 16.6. The fourth-order valence-corrected chi connectivity index (χ4v) is 5.25. The number of morpholine rings is 1. The molecule has 1 saturated heterocycles. The number of fused-ring (bicyclic) bond motifs is 3. The average molecular weight is 478 g/mol. The molecule has 186 valence electrons. The Kier molecular flexibility index (Phi) is 7.40. The standard InChI is InChI=1S/C29H35NO5/c1-3-13-34-26-19-22-9-14-35-29(22)27-25(26)18-20(8-10-30-11-15-33-16-12-30)17-24(28(27)31)21-4-6-23(32-2)7-5-21/h4-7,17,19-20H,3,8-16,18H2,1-2H3. The van der Waals surface area contributed by atoms with E-state index in [4.69, 9.17) is 18.9 Å². The first-order valence-electron chi connectivity index (χ1n) is 12.8. The minimum atomic E-state index is 0.0270. The SMILES string of the molecule is CCCOc1cc2c(c3c1CC(CCN1CCOCC1)C=C(c1ccc(OC)cc1)C3=O)OCC2. The van der Waals surface area contributed by atoms with E-state index < -0.39 is 0 Å².